The Morgan fingerprint density at radius 3 is 2.71 bits per heavy atom. The molecule has 1 amide bonds. The Morgan fingerprint density at radius 1 is 1.21 bits per heavy atom. The minimum Gasteiger partial charge on any atom is -0.362 e. The Kier molecular flexibility index (Phi) is 6.33. The molecule has 2 aromatic carbocycles. The van der Waals surface area contributed by atoms with Crippen LogP contribution >= 0.6 is 12.2 Å². The Bertz CT molecular complexity index is 1010. The van der Waals surface area contributed by atoms with E-state index in [0.717, 1.165) is 16.5 Å². The summed E-state index contributed by atoms with van der Waals surface area (Å²) in [6.45, 7) is 2.78. The molecular formula is C20H20FN5OS. The smallest absolute Gasteiger partial charge is 0.244 e. The normalized spacial score (nSPS) is 10.9. The van der Waals surface area contributed by atoms with Crippen LogP contribution in [0.3, 0.4) is 0 Å². The van der Waals surface area contributed by atoms with Crippen molar-refractivity contribution in [2.24, 2.45) is 5.10 Å². The van der Waals surface area contributed by atoms with Gasteiger partial charge in [0.15, 0.2) is 5.11 Å². The zero-order valence-electron chi connectivity index (χ0n) is 15.3. The first-order chi connectivity index (χ1) is 13.6. The SMILES string of the molecule is CCNC(=S)N/N=C\c1cn(CC(=O)Nc2ccc(F)cc2)c2ccccc12. The summed E-state index contributed by atoms with van der Waals surface area (Å²) in [5.74, 6) is -0.553. The number of hydrogen-bond donors (Lipinski definition) is 3. The summed E-state index contributed by atoms with van der Waals surface area (Å²) >= 11 is 5.08. The molecule has 3 rings (SSSR count). The molecule has 1 aromatic heterocycles. The molecule has 3 N–H and O–H groups in total. The monoisotopic (exact) mass is 397 g/mol. The number of halogens is 1. The largest absolute Gasteiger partial charge is 0.362 e. The van der Waals surface area contributed by atoms with Crippen molar-refractivity contribution >= 4 is 46.0 Å². The molecule has 0 aliphatic carbocycles. The molecule has 0 bridgehead atoms. The van der Waals surface area contributed by atoms with Crippen LogP contribution in [0.5, 0.6) is 0 Å². The van der Waals surface area contributed by atoms with Crippen LogP contribution in [0.25, 0.3) is 10.9 Å². The van der Waals surface area contributed by atoms with E-state index in [1.54, 1.807) is 6.21 Å². The van der Waals surface area contributed by atoms with Gasteiger partial charge < -0.3 is 15.2 Å². The van der Waals surface area contributed by atoms with Gasteiger partial charge in [0.05, 0.1) is 6.21 Å². The molecule has 6 nitrogen and oxygen atoms in total. The Labute approximate surface area is 167 Å². The average molecular weight is 397 g/mol. The molecule has 1 heterocycles. The number of benzene rings is 2. The molecule has 28 heavy (non-hydrogen) atoms. The molecule has 3 aromatic rings. The average Bonchev–Trinajstić information content (AvgIpc) is 3.02. The van der Waals surface area contributed by atoms with Crippen molar-refractivity contribution in [1.29, 1.82) is 0 Å². The predicted molar refractivity (Wildman–Crippen MR) is 114 cm³/mol. The van der Waals surface area contributed by atoms with Crippen molar-refractivity contribution in [3.05, 3.63) is 66.1 Å². The lowest BCUT2D eigenvalue weighted by molar-refractivity contribution is -0.116. The van der Waals surface area contributed by atoms with Crippen LogP contribution in [-0.2, 0) is 11.3 Å². The molecule has 0 spiro atoms. The minimum absolute atomic E-state index is 0.120. The van der Waals surface area contributed by atoms with E-state index in [0.29, 0.717) is 17.3 Å². The number of carbonyl (C=O) groups excluding carboxylic acids is 1. The molecule has 0 saturated carbocycles. The van der Waals surface area contributed by atoms with Gasteiger partial charge >= 0.3 is 0 Å². The minimum atomic E-state index is -0.347. The van der Waals surface area contributed by atoms with Crippen LogP contribution in [0.4, 0.5) is 10.1 Å². The highest BCUT2D eigenvalue weighted by atomic mass is 32.1. The molecule has 0 radical (unpaired) electrons. The molecule has 8 heteroatoms. The van der Waals surface area contributed by atoms with E-state index in [1.807, 2.05) is 42.0 Å². The quantitative estimate of drug-likeness (QED) is 0.339. The van der Waals surface area contributed by atoms with Gasteiger partial charge in [-0.2, -0.15) is 5.10 Å². The summed E-state index contributed by atoms with van der Waals surface area (Å²) < 4.78 is 14.8. The molecule has 144 valence electrons. The highest BCUT2D eigenvalue weighted by Gasteiger charge is 2.10. The molecule has 0 atom stereocenters. The summed E-state index contributed by atoms with van der Waals surface area (Å²) in [4.78, 5) is 12.4. The third-order valence-electron chi connectivity index (χ3n) is 3.97. The maximum absolute atomic E-state index is 13.0. The second-order valence-corrected chi connectivity index (χ2v) is 6.42. The second-order valence-electron chi connectivity index (χ2n) is 6.01. The topological polar surface area (TPSA) is 70.5 Å². The van der Waals surface area contributed by atoms with E-state index in [1.165, 1.54) is 24.3 Å². The maximum Gasteiger partial charge on any atom is 0.244 e. The van der Waals surface area contributed by atoms with Gasteiger partial charge in [-0.05, 0) is 49.5 Å². The number of carbonyl (C=O) groups is 1. The number of hydrazone groups is 1. The lowest BCUT2D eigenvalue weighted by Crippen LogP contribution is -2.31. The molecular weight excluding hydrogens is 377 g/mol. The van der Waals surface area contributed by atoms with Gasteiger partial charge in [0.25, 0.3) is 0 Å². The first-order valence-corrected chi connectivity index (χ1v) is 9.18. The summed E-state index contributed by atoms with van der Waals surface area (Å²) in [5, 5.41) is 11.3. The number of fused-ring (bicyclic) bond motifs is 1. The van der Waals surface area contributed by atoms with Crippen molar-refractivity contribution in [2.45, 2.75) is 13.5 Å². The van der Waals surface area contributed by atoms with E-state index in [-0.39, 0.29) is 18.3 Å². The van der Waals surface area contributed by atoms with Crippen LogP contribution in [0, 0.1) is 5.82 Å². The van der Waals surface area contributed by atoms with E-state index >= 15 is 0 Å². The molecule has 0 saturated heterocycles. The zero-order chi connectivity index (χ0) is 19.9. The lowest BCUT2D eigenvalue weighted by atomic mass is 10.2. The molecule has 0 unspecified atom stereocenters. The Balaban J connectivity index is 1.76. The highest BCUT2D eigenvalue weighted by molar-refractivity contribution is 7.80. The van der Waals surface area contributed by atoms with Crippen LogP contribution in [0.2, 0.25) is 0 Å². The molecule has 0 aliphatic heterocycles. The summed E-state index contributed by atoms with van der Waals surface area (Å²) in [5.41, 5.74) is 5.07. The van der Waals surface area contributed by atoms with Gasteiger partial charge in [0, 0.05) is 34.9 Å². The van der Waals surface area contributed by atoms with Gasteiger partial charge in [-0.15, -0.1) is 0 Å². The summed E-state index contributed by atoms with van der Waals surface area (Å²) in [7, 11) is 0. The van der Waals surface area contributed by atoms with Crippen molar-refractivity contribution in [3.63, 3.8) is 0 Å². The van der Waals surface area contributed by atoms with Crippen molar-refractivity contribution in [1.82, 2.24) is 15.3 Å². The maximum atomic E-state index is 13.0. The highest BCUT2D eigenvalue weighted by Crippen LogP contribution is 2.20. The number of thiocarbonyl (C=S) groups is 1. The van der Waals surface area contributed by atoms with Crippen molar-refractivity contribution in [2.75, 3.05) is 11.9 Å². The fraction of sp³-hybridized carbons (Fsp3) is 0.150. The fourth-order valence-electron chi connectivity index (χ4n) is 2.76. The molecule has 0 fully saturated rings. The van der Waals surface area contributed by atoms with Gasteiger partial charge in [-0.3, -0.25) is 10.2 Å². The third-order valence-corrected chi connectivity index (χ3v) is 4.20. The van der Waals surface area contributed by atoms with E-state index in [2.05, 4.69) is 21.2 Å². The number of para-hydroxylation sites is 1. The van der Waals surface area contributed by atoms with Crippen LogP contribution < -0.4 is 16.1 Å². The number of aromatic nitrogens is 1. The van der Waals surface area contributed by atoms with Crippen molar-refractivity contribution in [3.8, 4) is 0 Å². The van der Waals surface area contributed by atoms with Crippen LogP contribution in [-0.4, -0.2) is 28.3 Å². The predicted octanol–water partition coefficient (Wildman–Crippen LogP) is 3.24. The van der Waals surface area contributed by atoms with Gasteiger partial charge in [0.2, 0.25) is 5.91 Å². The number of nitrogens with one attached hydrogen (secondary N) is 3. The summed E-state index contributed by atoms with van der Waals surface area (Å²) in [6, 6.07) is 13.4. The summed E-state index contributed by atoms with van der Waals surface area (Å²) in [6.07, 6.45) is 3.52. The van der Waals surface area contributed by atoms with Crippen LogP contribution in [0.1, 0.15) is 12.5 Å². The number of rotatable bonds is 6. The fourth-order valence-corrected chi connectivity index (χ4v) is 2.95. The zero-order valence-corrected chi connectivity index (χ0v) is 16.1. The first kappa shape index (κ1) is 19.5. The second kappa shape index (κ2) is 9.09. The van der Waals surface area contributed by atoms with E-state index < -0.39 is 0 Å². The van der Waals surface area contributed by atoms with E-state index in [4.69, 9.17) is 12.2 Å². The van der Waals surface area contributed by atoms with Gasteiger partial charge in [-0.1, -0.05) is 18.2 Å². The number of amides is 1. The number of nitrogens with zero attached hydrogens (tertiary/aromatic N) is 2. The first-order valence-electron chi connectivity index (χ1n) is 8.77. The Hall–Kier alpha value is -3.26. The van der Waals surface area contributed by atoms with Gasteiger partial charge in [0.1, 0.15) is 12.4 Å². The van der Waals surface area contributed by atoms with Crippen molar-refractivity contribution < 1.29 is 9.18 Å². The standard InChI is InChI=1S/C20H20FN5OS/c1-2-22-20(28)25-23-11-14-12-26(18-6-4-3-5-17(14)18)13-19(27)24-16-9-7-15(21)8-10-16/h3-12H,2,13H2,1H3,(H,24,27)(H2,22,25,28)/b23-11-. The van der Waals surface area contributed by atoms with Gasteiger partial charge in [-0.25, -0.2) is 4.39 Å². The number of anilines is 1. The van der Waals surface area contributed by atoms with E-state index in [9.17, 15) is 9.18 Å². The third kappa shape index (κ3) is 4.92. The Morgan fingerprint density at radius 2 is 1.96 bits per heavy atom. The number of hydrogen-bond acceptors (Lipinski definition) is 3. The van der Waals surface area contributed by atoms with Crippen LogP contribution in [0.15, 0.2) is 59.8 Å². The molecule has 0 aliphatic rings. The lowest BCUT2D eigenvalue weighted by Gasteiger charge is -2.07.